The summed E-state index contributed by atoms with van der Waals surface area (Å²) in [5.41, 5.74) is 1.11. The van der Waals surface area contributed by atoms with Crippen LogP contribution in [0.2, 0.25) is 5.02 Å². The number of carbonyl (C=O) groups is 1. The molecule has 0 atom stereocenters. The van der Waals surface area contributed by atoms with Crippen LogP contribution in [-0.2, 0) is 11.2 Å². The molecule has 1 aromatic carbocycles. The van der Waals surface area contributed by atoms with E-state index in [2.05, 4.69) is 0 Å². The van der Waals surface area contributed by atoms with Crippen LogP contribution in [0.25, 0.3) is 0 Å². The van der Waals surface area contributed by atoms with E-state index in [9.17, 15) is 4.79 Å². The molecule has 1 heterocycles. The van der Waals surface area contributed by atoms with Crippen LogP contribution in [0.15, 0.2) is 24.3 Å². The van der Waals surface area contributed by atoms with Gasteiger partial charge in [-0.2, -0.15) is 0 Å². The minimum atomic E-state index is -0.320. The van der Waals surface area contributed by atoms with Crippen molar-refractivity contribution in [2.75, 3.05) is 13.1 Å². The highest BCUT2D eigenvalue weighted by Crippen LogP contribution is 2.13. The lowest BCUT2D eigenvalue weighted by atomic mass is 10.1. The maximum atomic E-state index is 11.6. The summed E-state index contributed by atoms with van der Waals surface area (Å²) >= 11 is 5.77. The maximum absolute atomic E-state index is 11.6. The zero-order valence-corrected chi connectivity index (χ0v) is 9.65. The van der Waals surface area contributed by atoms with Gasteiger partial charge in [-0.1, -0.05) is 23.7 Å². The first kappa shape index (κ1) is 11.4. The number of hydrogen-bond acceptors (Lipinski definition) is 2. The van der Waals surface area contributed by atoms with Gasteiger partial charge in [0, 0.05) is 24.5 Å². The van der Waals surface area contributed by atoms with Crippen molar-refractivity contribution in [3.05, 3.63) is 34.9 Å². The molecule has 1 aliphatic rings. The number of aliphatic hydroxyl groups excluding tert-OH is 1. The first-order valence-corrected chi connectivity index (χ1v) is 5.73. The molecule has 1 aromatic rings. The van der Waals surface area contributed by atoms with E-state index in [1.807, 2.05) is 24.3 Å². The van der Waals surface area contributed by atoms with Crippen LogP contribution < -0.4 is 0 Å². The minimum Gasteiger partial charge on any atom is -0.389 e. The highest BCUT2D eigenvalue weighted by atomic mass is 35.5. The van der Waals surface area contributed by atoms with Crippen LogP contribution >= 0.6 is 11.6 Å². The van der Waals surface area contributed by atoms with E-state index in [4.69, 9.17) is 16.7 Å². The van der Waals surface area contributed by atoms with Gasteiger partial charge in [0.2, 0.25) is 5.91 Å². The van der Waals surface area contributed by atoms with Crippen molar-refractivity contribution >= 4 is 17.5 Å². The number of aliphatic hydroxyl groups is 1. The molecule has 1 fully saturated rings. The summed E-state index contributed by atoms with van der Waals surface area (Å²) in [7, 11) is 0. The molecule has 4 heteroatoms. The zero-order valence-electron chi connectivity index (χ0n) is 8.90. The zero-order chi connectivity index (χ0) is 11.5. The molecule has 1 amide bonds. The van der Waals surface area contributed by atoms with E-state index in [0.717, 1.165) is 12.0 Å². The Morgan fingerprint density at radius 3 is 2.56 bits per heavy atom. The van der Waals surface area contributed by atoms with E-state index in [1.165, 1.54) is 0 Å². The van der Waals surface area contributed by atoms with E-state index in [1.54, 1.807) is 4.90 Å². The van der Waals surface area contributed by atoms with Crippen molar-refractivity contribution in [3.8, 4) is 0 Å². The van der Waals surface area contributed by atoms with E-state index >= 15 is 0 Å². The van der Waals surface area contributed by atoms with Crippen LogP contribution in [-0.4, -0.2) is 35.1 Å². The van der Waals surface area contributed by atoms with Gasteiger partial charge in [-0.15, -0.1) is 0 Å². The second-order valence-corrected chi connectivity index (χ2v) is 4.52. The Morgan fingerprint density at radius 1 is 1.38 bits per heavy atom. The molecule has 0 radical (unpaired) electrons. The first-order chi connectivity index (χ1) is 7.65. The number of likely N-dealkylation sites (tertiary alicyclic amines) is 1. The molecule has 1 N–H and O–H groups in total. The lowest BCUT2D eigenvalue weighted by Gasteiger charge is -2.35. The van der Waals surface area contributed by atoms with E-state index < -0.39 is 0 Å². The highest BCUT2D eigenvalue weighted by molar-refractivity contribution is 6.30. The molecule has 2 rings (SSSR count). The van der Waals surface area contributed by atoms with Crippen molar-refractivity contribution in [1.82, 2.24) is 4.90 Å². The predicted octanol–water partition coefficient (Wildman–Crippen LogP) is 1.48. The Bertz CT molecular complexity index is 371. The van der Waals surface area contributed by atoms with Gasteiger partial charge >= 0.3 is 0 Å². The lowest BCUT2D eigenvalue weighted by Crippen LogP contribution is -2.53. The second-order valence-electron chi connectivity index (χ2n) is 4.08. The quantitative estimate of drug-likeness (QED) is 0.868. The van der Waals surface area contributed by atoms with E-state index in [-0.39, 0.29) is 12.0 Å². The highest BCUT2D eigenvalue weighted by Gasteiger charge is 2.27. The third-order valence-corrected chi connectivity index (χ3v) is 3.01. The van der Waals surface area contributed by atoms with Crippen LogP contribution in [0.4, 0.5) is 0 Å². The van der Waals surface area contributed by atoms with Gasteiger partial charge in [-0.25, -0.2) is 0 Å². The van der Waals surface area contributed by atoms with Gasteiger partial charge in [0.1, 0.15) is 0 Å². The monoisotopic (exact) mass is 239 g/mol. The molecule has 0 aliphatic carbocycles. The van der Waals surface area contributed by atoms with E-state index in [0.29, 0.717) is 24.5 Å². The number of carbonyl (C=O) groups excluding carboxylic acids is 1. The number of rotatable bonds is 3. The molecule has 86 valence electrons. The third-order valence-electron chi connectivity index (χ3n) is 2.76. The SMILES string of the molecule is O=C(CCc1ccc(Cl)cc1)N1CC(O)C1. The fourth-order valence-electron chi connectivity index (χ4n) is 1.72. The average Bonchev–Trinajstić information content (AvgIpc) is 2.24. The average molecular weight is 240 g/mol. The molecular formula is C12H14ClNO2. The van der Waals surface area contributed by atoms with Crippen molar-refractivity contribution in [1.29, 1.82) is 0 Å². The van der Waals surface area contributed by atoms with Crippen molar-refractivity contribution in [3.63, 3.8) is 0 Å². The topological polar surface area (TPSA) is 40.5 Å². The Kier molecular flexibility index (Phi) is 3.46. The molecule has 0 spiro atoms. The number of hydrogen-bond donors (Lipinski definition) is 1. The number of aryl methyl sites for hydroxylation is 1. The van der Waals surface area contributed by atoms with Gasteiger partial charge in [-0.3, -0.25) is 4.79 Å². The number of nitrogens with zero attached hydrogens (tertiary/aromatic N) is 1. The Balaban J connectivity index is 1.79. The minimum absolute atomic E-state index is 0.111. The molecule has 1 saturated heterocycles. The molecule has 0 bridgehead atoms. The number of amides is 1. The Morgan fingerprint density at radius 2 is 2.00 bits per heavy atom. The summed E-state index contributed by atoms with van der Waals surface area (Å²) in [4.78, 5) is 13.3. The van der Waals surface area contributed by atoms with Crippen molar-refractivity contribution < 1.29 is 9.90 Å². The molecule has 0 unspecified atom stereocenters. The summed E-state index contributed by atoms with van der Waals surface area (Å²) in [6.07, 6.45) is 0.899. The van der Waals surface area contributed by atoms with Gasteiger partial charge in [0.15, 0.2) is 0 Å². The number of benzene rings is 1. The Labute approximate surface area is 99.6 Å². The summed E-state index contributed by atoms with van der Waals surface area (Å²) in [6, 6.07) is 7.52. The smallest absolute Gasteiger partial charge is 0.223 e. The standard InChI is InChI=1S/C12H14ClNO2/c13-10-4-1-9(2-5-10)3-6-12(16)14-7-11(15)8-14/h1-2,4-5,11,15H,3,6-8H2. The predicted molar refractivity (Wildman–Crippen MR) is 62.4 cm³/mol. The lowest BCUT2D eigenvalue weighted by molar-refractivity contribution is -0.141. The molecule has 3 nitrogen and oxygen atoms in total. The van der Waals surface area contributed by atoms with Gasteiger partial charge in [0.25, 0.3) is 0 Å². The van der Waals surface area contributed by atoms with Crippen LogP contribution in [0.3, 0.4) is 0 Å². The number of halogens is 1. The third kappa shape index (κ3) is 2.74. The summed E-state index contributed by atoms with van der Waals surface area (Å²) in [5.74, 6) is 0.111. The van der Waals surface area contributed by atoms with Crippen LogP contribution in [0.5, 0.6) is 0 Å². The summed E-state index contributed by atoms with van der Waals surface area (Å²) in [6.45, 7) is 0.971. The van der Waals surface area contributed by atoms with Crippen LogP contribution in [0.1, 0.15) is 12.0 Å². The largest absolute Gasteiger partial charge is 0.389 e. The Hall–Kier alpha value is -1.06. The fraction of sp³-hybridized carbons (Fsp3) is 0.417. The van der Waals surface area contributed by atoms with Crippen molar-refractivity contribution in [2.24, 2.45) is 0 Å². The fourth-order valence-corrected chi connectivity index (χ4v) is 1.85. The van der Waals surface area contributed by atoms with Gasteiger partial charge in [-0.05, 0) is 24.1 Å². The summed E-state index contributed by atoms with van der Waals surface area (Å²) in [5, 5.41) is 9.78. The molecular weight excluding hydrogens is 226 g/mol. The normalized spacial score (nSPS) is 16.0. The first-order valence-electron chi connectivity index (χ1n) is 5.35. The second kappa shape index (κ2) is 4.85. The van der Waals surface area contributed by atoms with Gasteiger partial charge < -0.3 is 10.0 Å². The van der Waals surface area contributed by atoms with Crippen LogP contribution in [0, 0.1) is 0 Å². The summed E-state index contributed by atoms with van der Waals surface area (Å²) < 4.78 is 0. The molecule has 16 heavy (non-hydrogen) atoms. The molecule has 0 saturated carbocycles. The van der Waals surface area contributed by atoms with Gasteiger partial charge in [0.05, 0.1) is 6.10 Å². The maximum Gasteiger partial charge on any atom is 0.223 e. The molecule has 1 aliphatic heterocycles. The number of β-amino-alcohol motifs (C(OH)–C–C–N with tert-alkyl or cyclic N) is 1. The van der Waals surface area contributed by atoms with Crippen molar-refractivity contribution in [2.45, 2.75) is 18.9 Å². The molecule has 0 aromatic heterocycles.